The van der Waals surface area contributed by atoms with Crippen molar-refractivity contribution in [3.05, 3.63) is 57.9 Å². The van der Waals surface area contributed by atoms with E-state index in [1.54, 1.807) is 4.68 Å². The molecule has 0 spiro atoms. The van der Waals surface area contributed by atoms with E-state index in [1.165, 1.54) is 23.5 Å². The number of aromatic nitrogens is 2. The first kappa shape index (κ1) is 15.6. The Balaban J connectivity index is 1.68. The maximum atomic E-state index is 10.7. The maximum absolute atomic E-state index is 10.7. The van der Waals surface area contributed by atoms with E-state index in [4.69, 9.17) is 0 Å². The van der Waals surface area contributed by atoms with Gasteiger partial charge in [-0.25, -0.2) is 0 Å². The van der Waals surface area contributed by atoms with Crippen LogP contribution in [0.4, 0.5) is 5.69 Å². The summed E-state index contributed by atoms with van der Waals surface area (Å²) in [5.74, 6) is 0. The van der Waals surface area contributed by atoms with Crippen molar-refractivity contribution in [2.75, 3.05) is 19.7 Å². The summed E-state index contributed by atoms with van der Waals surface area (Å²) >= 11 is 0. The molecule has 0 bridgehead atoms. The highest BCUT2D eigenvalue weighted by Crippen LogP contribution is 2.35. The first-order valence-electron chi connectivity index (χ1n) is 7.78. The van der Waals surface area contributed by atoms with Gasteiger partial charge < -0.3 is 5.11 Å². The quantitative estimate of drug-likeness (QED) is 0.621. The van der Waals surface area contributed by atoms with Crippen LogP contribution in [0.15, 0.2) is 36.7 Å². The number of aliphatic hydroxyl groups excluding tert-OH is 1. The van der Waals surface area contributed by atoms with Crippen LogP contribution >= 0.6 is 0 Å². The van der Waals surface area contributed by atoms with Gasteiger partial charge in [-0.2, -0.15) is 5.10 Å². The fraction of sp³-hybridized carbons (Fsp3) is 0.438. The Morgan fingerprint density at radius 1 is 1.39 bits per heavy atom. The van der Waals surface area contributed by atoms with Crippen molar-refractivity contribution in [2.45, 2.75) is 25.4 Å². The van der Waals surface area contributed by atoms with Crippen LogP contribution in [-0.4, -0.2) is 44.4 Å². The third kappa shape index (κ3) is 3.40. The average Bonchev–Trinajstić information content (AvgIpc) is 3.18. The van der Waals surface area contributed by atoms with E-state index in [0.29, 0.717) is 25.7 Å². The lowest BCUT2D eigenvalue weighted by Gasteiger charge is -2.28. The number of nitrogens with zero attached hydrogens (tertiary/aromatic N) is 4. The smallest absolute Gasteiger partial charge is 0.306 e. The number of hydrogen-bond donors (Lipinski definition) is 1. The number of aryl methyl sites for hydroxylation is 1. The normalized spacial score (nSPS) is 16.7. The molecule has 3 rings (SSSR count). The number of aliphatic hydroxyl groups is 1. The number of nitro groups is 1. The molecule has 7 heteroatoms. The molecule has 0 amide bonds. The molecule has 0 aliphatic heterocycles. The van der Waals surface area contributed by atoms with Crippen molar-refractivity contribution >= 4 is 5.69 Å². The van der Waals surface area contributed by atoms with Gasteiger partial charge in [0.05, 0.1) is 18.1 Å². The molecule has 1 unspecified atom stereocenters. The number of rotatable bonds is 7. The van der Waals surface area contributed by atoms with Crippen LogP contribution < -0.4 is 0 Å². The third-order valence-electron chi connectivity index (χ3n) is 4.38. The molecule has 0 saturated heterocycles. The van der Waals surface area contributed by atoms with Gasteiger partial charge in [0.25, 0.3) is 0 Å². The SMILES string of the molecule is O=[N+]([O-])c1cnn(CCN(CCO)C2CCc3ccccc32)c1. The van der Waals surface area contributed by atoms with Gasteiger partial charge in [-0.05, 0) is 24.0 Å². The summed E-state index contributed by atoms with van der Waals surface area (Å²) in [5, 5.41) is 24.1. The minimum atomic E-state index is -0.442. The molecule has 7 nitrogen and oxygen atoms in total. The summed E-state index contributed by atoms with van der Waals surface area (Å²) in [5.41, 5.74) is 2.70. The summed E-state index contributed by atoms with van der Waals surface area (Å²) in [6, 6.07) is 8.70. The van der Waals surface area contributed by atoms with E-state index < -0.39 is 4.92 Å². The molecule has 1 aliphatic rings. The zero-order valence-electron chi connectivity index (χ0n) is 12.8. The fourth-order valence-electron chi connectivity index (χ4n) is 3.27. The first-order valence-corrected chi connectivity index (χ1v) is 7.78. The Morgan fingerprint density at radius 3 is 2.96 bits per heavy atom. The van der Waals surface area contributed by atoms with E-state index >= 15 is 0 Å². The third-order valence-corrected chi connectivity index (χ3v) is 4.38. The van der Waals surface area contributed by atoms with E-state index in [-0.39, 0.29) is 12.3 Å². The molecule has 1 aromatic heterocycles. The zero-order valence-corrected chi connectivity index (χ0v) is 12.8. The van der Waals surface area contributed by atoms with Crippen molar-refractivity contribution in [1.29, 1.82) is 0 Å². The predicted molar refractivity (Wildman–Crippen MR) is 85.0 cm³/mol. The summed E-state index contributed by atoms with van der Waals surface area (Å²) in [6.45, 7) is 1.94. The minimum Gasteiger partial charge on any atom is -0.395 e. The number of fused-ring (bicyclic) bond motifs is 1. The summed E-state index contributed by atoms with van der Waals surface area (Å²) in [6.07, 6.45) is 4.80. The Morgan fingerprint density at radius 2 is 2.22 bits per heavy atom. The van der Waals surface area contributed by atoms with Crippen molar-refractivity contribution < 1.29 is 10.0 Å². The van der Waals surface area contributed by atoms with Gasteiger partial charge in [-0.1, -0.05) is 24.3 Å². The summed E-state index contributed by atoms with van der Waals surface area (Å²) in [7, 11) is 0. The first-order chi connectivity index (χ1) is 11.2. The van der Waals surface area contributed by atoms with E-state index in [2.05, 4.69) is 28.2 Å². The Labute approximate surface area is 134 Å². The molecule has 1 atom stereocenters. The van der Waals surface area contributed by atoms with Gasteiger partial charge in [-0.15, -0.1) is 0 Å². The highest BCUT2D eigenvalue weighted by atomic mass is 16.6. The van der Waals surface area contributed by atoms with Crippen molar-refractivity contribution in [3.63, 3.8) is 0 Å². The topological polar surface area (TPSA) is 84.4 Å². The second-order valence-corrected chi connectivity index (χ2v) is 5.73. The number of benzene rings is 1. The van der Waals surface area contributed by atoms with Crippen LogP contribution in [-0.2, 0) is 13.0 Å². The molecule has 1 aromatic carbocycles. The molecule has 1 heterocycles. The lowest BCUT2D eigenvalue weighted by Crippen LogP contribution is -2.33. The molecular weight excluding hydrogens is 296 g/mol. The fourth-order valence-corrected chi connectivity index (χ4v) is 3.27. The summed E-state index contributed by atoms with van der Waals surface area (Å²) < 4.78 is 1.59. The Bertz CT molecular complexity index is 685. The maximum Gasteiger partial charge on any atom is 0.306 e. The highest BCUT2D eigenvalue weighted by Gasteiger charge is 2.27. The van der Waals surface area contributed by atoms with Gasteiger partial charge in [0.15, 0.2) is 0 Å². The summed E-state index contributed by atoms with van der Waals surface area (Å²) in [4.78, 5) is 12.5. The van der Waals surface area contributed by atoms with Crippen LogP contribution in [0.3, 0.4) is 0 Å². The molecule has 0 saturated carbocycles. The molecule has 23 heavy (non-hydrogen) atoms. The van der Waals surface area contributed by atoms with Crippen molar-refractivity contribution in [2.24, 2.45) is 0 Å². The molecule has 1 N–H and O–H groups in total. The van der Waals surface area contributed by atoms with Crippen LogP contribution in [0.1, 0.15) is 23.6 Å². The van der Waals surface area contributed by atoms with E-state index in [9.17, 15) is 15.2 Å². The van der Waals surface area contributed by atoms with Crippen molar-refractivity contribution in [1.82, 2.24) is 14.7 Å². The van der Waals surface area contributed by atoms with Gasteiger partial charge in [0, 0.05) is 19.1 Å². The standard InChI is InChI=1S/C16H20N4O3/c21-10-9-18(7-8-19-12-14(11-17-19)20(22)23)16-6-5-13-3-1-2-4-15(13)16/h1-4,11-12,16,21H,5-10H2. The average molecular weight is 316 g/mol. The lowest BCUT2D eigenvalue weighted by atomic mass is 10.1. The molecule has 1 aliphatic carbocycles. The van der Waals surface area contributed by atoms with Crippen LogP contribution in [0.25, 0.3) is 0 Å². The van der Waals surface area contributed by atoms with Crippen LogP contribution in [0, 0.1) is 10.1 Å². The predicted octanol–water partition coefficient (Wildman–Crippen LogP) is 1.77. The zero-order chi connectivity index (χ0) is 16.2. The van der Waals surface area contributed by atoms with Gasteiger partial charge in [-0.3, -0.25) is 19.7 Å². The second-order valence-electron chi connectivity index (χ2n) is 5.73. The monoisotopic (exact) mass is 316 g/mol. The van der Waals surface area contributed by atoms with E-state index in [0.717, 1.165) is 12.8 Å². The molecular formula is C16H20N4O3. The van der Waals surface area contributed by atoms with Crippen molar-refractivity contribution in [3.8, 4) is 0 Å². The van der Waals surface area contributed by atoms with Crippen LogP contribution in [0.2, 0.25) is 0 Å². The van der Waals surface area contributed by atoms with Gasteiger partial charge >= 0.3 is 5.69 Å². The largest absolute Gasteiger partial charge is 0.395 e. The lowest BCUT2D eigenvalue weighted by molar-refractivity contribution is -0.385. The molecule has 0 radical (unpaired) electrons. The van der Waals surface area contributed by atoms with Crippen LogP contribution in [0.5, 0.6) is 0 Å². The second kappa shape index (κ2) is 6.89. The highest BCUT2D eigenvalue weighted by molar-refractivity contribution is 5.34. The van der Waals surface area contributed by atoms with Gasteiger partial charge in [0.1, 0.15) is 12.4 Å². The minimum absolute atomic E-state index is 0.00456. The molecule has 122 valence electrons. The van der Waals surface area contributed by atoms with E-state index in [1.807, 2.05) is 6.07 Å². The molecule has 2 aromatic rings. The Kier molecular flexibility index (Phi) is 4.68. The number of hydrogen-bond acceptors (Lipinski definition) is 5. The Hall–Kier alpha value is -2.25. The van der Waals surface area contributed by atoms with Gasteiger partial charge in [0.2, 0.25) is 0 Å². The molecule has 0 fully saturated rings.